The Balaban J connectivity index is 1.87. The molecule has 0 aliphatic carbocycles. The molecule has 0 radical (unpaired) electrons. The number of nitrogens with zero attached hydrogens (tertiary/aromatic N) is 2. The van der Waals surface area contributed by atoms with Crippen molar-refractivity contribution in [2.24, 2.45) is 5.16 Å². The highest BCUT2D eigenvalue weighted by atomic mass is 16.6. The van der Waals surface area contributed by atoms with Crippen molar-refractivity contribution in [3.8, 4) is 0 Å². The van der Waals surface area contributed by atoms with Gasteiger partial charge in [0.2, 0.25) is 6.10 Å². The third-order valence-electron chi connectivity index (χ3n) is 3.49. The van der Waals surface area contributed by atoms with E-state index in [9.17, 15) is 4.79 Å². The van der Waals surface area contributed by atoms with E-state index in [4.69, 9.17) is 4.84 Å². The second kappa shape index (κ2) is 8.15. The van der Waals surface area contributed by atoms with Crippen LogP contribution in [-0.2, 0) is 9.63 Å². The Morgan fingerprint density at radius 3 is 2.54 bits per heavy atom. The topological polar surface area (TPSA) is 53.9 Å². The first-order valence-electron chi connectivity index (χ1n) is 7.80. The number of benzene rings is 2. The number of hydrogen-bond acceptors (Lipinski definition) is 4. The number of oxime groups is 1. The van der Waals surface area contributed by atoms with Crippen LogP contribution in [0.15, 0.2) is 53.7 Å². The van der Waals surface area contributed by atoms with Gasteiger partial charge in [0.1, 0.15) is 0 Å². The fourth-order valence-electron chi connectivity index (χ4n) is 2.06. The van der Waals surface area contributed by atoms with E-state index >= 15 is 0 Å². The largest absolute Gasteiger partial charge is 0.383 e. The second-order valence-corrected chi connectivity index (χ2v) is 5.83. The summed E-state index contributed by atoms with van der Waals surface area (Å²) in [4.78, 5) is 19.3. The van der Waals surface area contributed by atoms with E-state index < -0.39 is 6.10 Å². The van der Waals surface area contributed by atoms with Crippen molar-refractivity contribution in [1.82, 2.24) is 0 Å². The van der Waals surface area contributed by atoms with Crippen LogP contribution in [0.5, 0.6) is 0 Å². The van der Waals surface area contributed by atoms with Gasteiger partial charge in [-0.15, -0.1) is 0 Å². The van der Waals surface area contributed by atoms with Crippen molar-refractivity contribution < 1.29 is 9.63 Å². The maximum Gasteiger partial charge on any atom is 0.267 e. The number of aryl methyl sites for hydroxylation is 1. The van der Waals surface area contributed by atoms with Crippen molar-refractivity contribution in [3.05, 3.63) is 59.7 Å². The highest BCUT2D eigenvalue weighted by Gasteiger charge is 2.14. The zero-order valence-corrected chi connectivity index (χ0v) is 14.5. The van der Waals surface area contributed by atoms with Crippen LogP contribution in [0.3, 0.4) is 0 Å². The minimum absolute atomic E-state index is 0.235. The summed E-state index contributed by atoms with van der Waals surface area (Å²) in [5, 5.41) is 6.70. The Morgan fingerprint density at radius 2 is 1.92 bits per heavy atom. The molecule has 2 aromatic carbocycles. The van der Waals surface area contributed by atoms with E-state index in [-0.39, 0.29) is 5.91 Å². The average molecular weight is 325 g/mol. The zero-order chi connectivity index (χ0) is 17.5. The molecule has 2 rings (SSSR count). The molecule has 1 atom stereocenters. The minimum atomic E-state index is -0.678. The molecule has 0 saturated carbocycles. The van der Waals surface area contributed by atoms with Gasteiger partial charge in [0.15, 0.2) is 0 Å². The van der Waals surface area contributed by atoms with Gasteiger partial charge in [-0.2, -0.15) is 0 Å². The molecule has 1 amide bonds. The fraction of sp³-hybridized carbons (Fsp3) is 0.263. The molecule has 24 heavy (non-hydrogen) atoms. The van der Waals surface area contributed by atoms with Gasteiger partial charge in [-0.05, 0) is 49.2 Å². The summed E-state index contributed by atoms with van der Waals surface area (Å²) < 4.78 is 0. The first-order valence-corrected chi connectivity index (χ1v) is 7.80. The van der Waals surface area contributed by atoms with Gasteiger partial charge in [0.25, 0.3) is 5.91 Å². The third kappa shape index (κ3) is 5.12. The number of anilines is 2. The smallest absolute Gasteiger partial charge is 0.267 e. The van der Waals surface area contributed by atoms with Crippen molar-refractivity contribution in [2.75, 3.05) is 24.3 Å². The molecule has 0 fully saturated rings. The summed E-state index contributed by atoms with van der Waals surface area (Å²) in [6, 6.07) is 15.5. The molecule has 5 nitrogen and oxygen atoms in total. The van der Waals surface area contributed by atoms with Crippen LogP contribution >= 0.6 is 0 Å². The predicted octanol–water partition coefficient (Wildman–Crippen LogP) is 3.44. The quantitative estimate of drug-likeness (QED) is 0.654. The van der Waals surface area contributed by atoms with Crippen molar-refractivity contribution >= 4 is 23.5 Å². The molecule has 0 heterocycles. The van der Waals surface area contributed by atoms with Crippen molar-refractivity contribution in [2.45, 2.75) is 20.0 Å². The summed E-state index contributed by atoms with van der Waals surface area (Å²) in [6.45, 7) is 3.64. The Labute approximate surface area is 142 Å². The molecule has 0 aromatic heterocycles. The molecule has 1 unspecified atom stereocenters. The number of amides is 1. The summed E-state index contributed by atoms with van der Waals surface area (Å²) in [7, 11) is 3.97. The van der Waals surface area contributed by atoms with E-state index in [0.717, 1.165) is 22.5 Å². The lowest BCUT2D eigenvalue weighted by atomic mass is 10.2. The molecule has 0 bridgehead atoms. The van der Waals surface area contributed by atoms with Crippen LogP contribution in [0.2, 0.25) is 0 Å². The normalized spacial score (nSPS) is 12.0. The first kappa shape index (κ1) is 17.5. The Hall–Kier alpha value is -2.82. The standard InChI is InChI=1S/C19H23N3O2/c1-14-6-5-7-17(12-14)21-19(23)15(2)24-20-13-16-8-10-18(11-9-16)22(3)4/h5-13,15H,1-4H3,(H,21,23)/b20-13+. The average Bonchev–Trinajstić information content (AvgIpc) is 2.55. The van der Waals surface area contributed by atoms with Crippen LogP contribution in [0.25, 0.3) is 0 Å². The third-order valence-corrected chi connectivity index (χ3v) is 3.49. The van der Waals surface area contributed by atoms with Crippen LogP contribution in [0, 0.1) is 6.92 Å². The highest BCUT2D eigenvalue weighted by Crippen LogP contribution is 2.12. The van der Waals surface area contributed by atoms with Crippen LogP contribution < -0.4 is 10.2 Å². The monoisotopic (exact) mass is 325 g/mol. The molecule has 2 aromatic rings. The molecule has 0 spiro atoms. The predicted molar refractivity (Wildman–Crippen MR) is 98.7 cm³/mol. The molecular weight excluding hydrogens is 302 g/mol. The molecule has 126 valence electrons. The maximum atomic E-state index is 12.1. The van der Waals surface area contributed by atoms with E-state index in [2.05, 4.69) is 10.5 Å². The molecule has 0 saturated heterocycles. The fourth-order valence-corrected chi connectivity index (χ4v) is 2.06. The van der Waals surface area contributed by atoms with Crippen LogP contribution in [-0.4, -0.2) is 32.3 Å². The van der Waals surface area contributed by atoms with Gasteiger partial charge in [-0.25, -0.2) is 0 Å². The Bertz CT molecular complexity index is 709. The van der Waals surface area contributed by atoms with E-state index in [0.29, 0.717) is 0 Å². The van der Waals surface area contributed by atoms with E-state index in [1.165, 1.54) is 0 Å². The number of nitrogens with one attached hydrogen (secondary N) is 1. The Kier molecular flexibility index (Phi) is 5.95. The van der Waals surface area contributed by atoms with Gasteiger partial charge in [-0.3, -0.25) is 4.79 Å². The lowest BCUT2D eigenvalue weighted by molar-refractivity contribution is -0.126. The van der Waals surface area contributed by atoms with E-state index in [1.54, 1.807) is 13.1 Å². The lowest BCUT2D eigenvalue weighted by Gasteiger charge is -2.12. The SMILES string of the molecule is Cc1cccc(NC(=O)C(C)O/N=C/c2ccc(N(C)C)cc2)c1. The number of rotatable bonds is 6. The van der Waals surface area contributed by atoms with Crippen molar-refractivity contribution in [1.29, 1.82) is 0 Å². The summed E-state index contributed by atoms with van der Waals surface area (Å²) in [5.74, 6) is -0.235. The number of carbonyl (C=O) groups is 1. The van der Waals surface area contributed by atoms with E-state index in [1.807, 2.05) is 74.4 Å². The molecule has 5 heteroatoms. The van der Waals surface area contributed by atoms with Gasteiger partial charge >= 0.3 is 0 Å². The minimum Gasteiger partial charge on any atom is -0.383 e. The number of hydrogen-bond donors (Lipinski definition) is 1. The second-order valence-electron chi connectivity index (χ2n) is 5.83. The summed E-state index contributed by atoms with van der Waals surface area (Å²) in [5.41, 5.74) is 3.85. The number of carbonyl (C=O) groups excluding carboxylic acids is 1. The van der Waals surface area contributed by atoms with Crippen LogP contribution in [0.4, 0.5) is 11.4 Å². The summed E-state index contributed by atoms with van der Waals surface area (Å²) in [6.07, 6.45) is 0.915. The summed E-state index contributed by atoms with van der Waals surface area (Å²) >= 11 is 0. The van der Waals surface area contributed by atoms with Gasteiger partial charge < -0.3 is 15.1 Å². The molecular formula is C19H23N3O2. The van der Waals surface area contributed by atoms with Gasteiger partial charge in [0, 0.05) is 25.5 Å². The maximum absolute atomic E-state index is 12.1. The highest BCUT2D eigenvalue weighted by molar-refractivity contribution is 5.94. The van der Waals surface area contributed by atoms with Crippen molar-refractivity contribution in [3.63, 3.8) is 0 Å². The molecule has 1 N–H and O–H groups in total. The Morgan fingerprint density at radius 1 is 1.21 bits per heavy atom. The van der Waals surface area contributed by atoms with Crippen LogP contribution in [0.1, 0.15) is 18.1 Å². The first-order chi connectivity index (χ1) is 11.5. The molecule has 0 aliphatic rings. The van der Waals surface area contributed by atoms with Gasteiger partial charge in [-0.1, -0.05) is 29.4 Å². The molecule has 0 aliphatic heterocycles. The lowest BCUT2D eigenvalue weighted by Crippen LogP contribution is -2.26. The zero-order valence-electron chi connectivity index (χ0n) is 14.5. The van der Waals surface area contributed by atoms with Gasteiger partial charge in [0.05, 0.1) is 6.21 Å².